The molecule has 1 heteroatoms. The second kappa shape index (κ2) is 16.9. The molecular formula is C56H72O. The summed E-state index contributed by atoms with van der Waals surface area (Å²) < 4.78 is 0. The zero-order valence-electron chi connectivity index (χ0n) is 37.0. The van der Waals surface area contributed by atoms with Crippen molar-refractivity contribution < 1.29 is 4.79 Å². The summed E-state index contributed by atoms with van der Waals surface area (Å²) in [5.74, 6) is 0.574. The molecule has 4 aliphatic rings. The smallest absolute Gasteiger partial charge is 0.166 e. The number of rotatable bonds is 8. The quantitative estimate of drug-likeness (QED) is 0.175. The van der Waals surface area contributed by atoms with Gasteiger partial charge in [-0.15, -0.1) is 0 Å². The van der Waals surface area contributed by atoms with Crippen LogP contribution in [0.25, 0.3) is 28.3 Å². The van der Waals surface area contributed by atoms with Gasteiger partial charge in [0.1, 0.15) is 0 Å². The molecule has 4 aromatic rings. The van der Waals surface area contributed by atoms with Crippen LogP contribution in [0.15, 0.2) is 90.5 Å². The average Bonchev–Trinajstić information content (AvgIpc) is 3.77. The molecule has 0 radical (unpaired) electrons. The minimum absolute atomic E-state index is 0.159. The molecule has 4 aromatic carbocycles. The molecule has 57 heavy (non-hydrogen) atoms. The Bertz CT molecular complexity index is 2030. The standard InChI is InChI=1S/C28H36O.C28H36/c1-5-28(16-7-6-8-17-28)19-21-18-25-23(10-9-11-24(25)26(21)29)20-12-14-22(15-13-20)27(2,3)4;1-5-28(16-7-6-8-17-28)20-21-18-23-10-9-11-25(26(23)19-21)22-12-14-24(15-13-22)27(2,3)4/h9-15,21H,5-8,16-19H2,1-4H3;9-15,18H,5-8,16-17,19-20H2,1-4H3. The molecule has 4 aliphatic carbocycles. The van der Waals surface area contributed by atoms with Crippen molar-refractivity contribution in [3.8, 4) is 22.3 Å². The van der Waals surface area contributed by atoms with Crippen LogP contribution in [0.1, 0.15) is 183 Å². The van der Waals surface area contributed by atoms with Crippen molar-refractivity contribution in [2.45, 2.75) is 169 Å². The number of ketones is 1. The lowest BCUT2D eigenvalue weighted by Gasteiger charge is -2.38. The number of allylic oxidation sites excluding steroid dienone is 1. The molecule has 1 atom stereocenters. The van der Waals surface area contributed by atoms with Gasteiger partial charge in [-0.1, -0.05) is 203 Å². The zero-order chi connectivity index (χ0) is 40.4. The maximum atomic E-state index is 13.3. The van der Waals surface area contributed by atoms with Crippen LogP contribution in [0, 0.1) is 16.7 Å². The van der Waals surface area contributed by atoms with Gasteiger partial charge in [0.25, 0.3) is 0 Å². The Balaban J connectivity index is 0.000000174. The molecule has 8 rings (SSSR count). The molecule has 0 bridgehead atoms. The normalized spacial score (nSPS) is 20.0. The number of fused-ring (bicyclic) bond motifs is 2. The van der Waals surface area contributed by atoms with E-state index >= 15 is 0 Å². The molecule has 0 N–H and O–H groups in total. The highest BCUT2D eigenvalue weighted by Gasteiger charge is 2.40. The van der Waals surface area contributed by atoms with E-state index in [-0.39, 0.29) is 16.7 Å². The number of benzene rings is 4. The Labute approximate surface area is 347 Å². The van der Waals surface area contributed by atoms with E-state index in [4.69, 9.17) is 0 Å². The highest BCUT2D eigenvalue weighted by atomic mass is 16.1. The molecule has 2 fully saturated rings. The van der Waals surface area contributed by atoms with Crippen LogP contribution >= 0.6 is 0 Å². The van der Waals surface area contributed by atoms with Crippen molar-refractivity contribution in [2.24, 2.45) is 16.7 Å². The summed E-state index contributed by atoms with van der Waals surface area (Å²) in [5, 5.41) is 0. The minimum atomic E-state index is 0.159. The van der Waals surface area contributed by atoms with E-state index in [9.17, 15) is 4.79 Å². The third kappa shape index (κ3) is 9.14. The van der Waals surface area contributed by atoms with E-state index in [1.165, 1.54) is 128 Å². The minimum Gasteiger partial charge on any atom is -0.294 e. The fraction of sp³-hybridized carbons (Fsp3) is 0.518. The summed E-state index contributed by atoms with van der Waals surface area (Å²) in [6, 6.07) is 31.4. The first kappa shape index (κ1) is 41.4. The van der Waals surface area contributed by atoms with Crippen molar-refractivity contribution in [1.82, 2.24) is 0 Å². The molecule has 0 saturated heterocycles. The predicted molar refractivity (Wildman–Crippen MR) is 245 cm³/mol. The van der Waals surface area contributed by atoms with Gasteiger partial charge in [0.2, 0.25) is 0 Å². The summed E-state index contributed by atoms with van der Waals surface area (Å²) in [6.45, 7) is 18.4. The molecule has 0 aromatic heterocycles. The average molecular weight is 761 g/mol. The van der Waals surface area contributed by atoms with E-state index in [2.05, 4.69) is 146 Å². The van der Waals surface area contributed by atoms with Gasteiger partial charge in [-0.05, 0) is 123 Å². The van der Waals surface area contributed by atoms with Crippen LogP contribution in [0.5, 0.6) is 0 Å². The van der Waals surface area contributed by atoms with Crippen molar-refractivity contribution in [2.75, 3.05) is 0 Å². The lowest BCUT2D eigenvalue weighted by molar-refractivity contribution is 0.0828. The Morgan fingerprint density at radius 1 is 0.561 bits per heavy atom. The lowest BCUT2D eigenvalue weighted by Crippen LogP contribution is -2.28. The Morgan fingerprint density at radius 2 is 1.04 bits per heavy atom. The topological polar surface area (TPSA) is 17.1 Å². The summed E-state index contributed by atoms with van der Waals surface area (Å²) in [5.41, 5.74) is 16.3. The first-order chi connectivity index (χ1) is 27.2. The van der Waals surface area contributed by atoms with Crippen LogP contribution in [0.4, 0.5) is 0 Å². The number of hydrogen-bond donors (Lipinski definition) is 0. The summed E-state index contributed by atoms with van der Waals surface area (Å²) >= 11 is 0. The highest BCUT2D eigenvalue weighted by Crippen LogP contribution is 2.49. The Morgan fingerprint density at radius 3 is 1.54 bits per heavy atom. The Hall–Kier alpha value is -3.71. The van der Waals surface area contributed by atoms with E-state index in [1.54, 1.807) is 11.1 Å². The third-order valence-corrected chi connectivity index (χ3v) is 15.0. The van der Waals surface area contributed by atoms with E-state index in [0.717, 1.165) is 24.8 Å². The number of Topliss-reactive ketones (excluding diaryl/α,β-unsaturated/α-hetero) is 1. The summed E-state index contributed by atoms with van der Waals surface area (Å²) in [6.07, 6.45) is 23.3. The first-order valence-electron chi connectivity index (χ1n) is 22.9. The van der Waals surface area contributed by atoms with Crippen molar-refractivity contribution in [1.29, 1.82) is 0 Å². The van der Waals surface area contributed by atoms with Crippen molar-refractivity contribution in [3.05, 3.63) is 124 Å². The monoisotopic (exact) mass is 761 g/mol. The van der Waals surface area contributed by atoms with Gasteiger partial charge < -0.3 is 0 Å². The van der Waals surface area contributed by atoms with Gasteiger partial charge in [-0.3, -0.25) is 4.79 Å². The molecular weight excluding hydrogens is 689 g/mol. The van der Waals surface area contributed by atoms with Crippen LogP contribution in [-0.4, -0.2) is 5.78 Å². The molecule has 2 saturated carbocycles. The van der Waals surface area contributed by atoms with Gasteiger partial charge in [0.05, 0.1) is 0 Å². The van der Waals surface area contributed by atoms with Gasteiger partial charge in [-0.25, -0.2) is 0 Å². The van der Waals surface area contributed by atoms with Crippen LogP contribution < -0.4 is 0 Å². The van der Waals surface area contributed by atoms with Crippen LogP contribution in [-0.2, 0) is 23.7 Å². The fourth-order valence-electron chi connectivity index (χ4n) is 11.1. The SMILES string of the molecule is CCC1(CC2=Cc3cccc(-c4ccc(C(C)(C)C)cc4)c3C2)CCCCC1.CCC1(CC2Cc3c(cccc3-c3ccc(C(C)(C)C)cc3)C2=O)CCCCC1. The molecule has 0 spiro atoms. The predicted octanol–water partition coefficient (Wildman–Crippen LogP) is 16.1. The largest absolute Gasteiger partial charge is 0.294 e. The second-order valence-corrected chi connectivity index (χ2v) is 20.8. The zero-order valence-corrected chi connectivity index (χ0v) is 37.0. The maximum Gasteiger partial charge on any atom is 0.166 e. The van der Waals surface area contributed by atoms with Crippen molar-refractivity contribution >= 4 is 11.9 Å². The number of carbonyl (C=O) groups is 1. The first-order valence-corrected chi connectivity index (χ1v) is 22.9. The van der Waals surface area contributed by atoms with Gasteiger partial charge in [-0.2, -0.15) is 0 Å². The van der Waals surface area contributed by atoms with Crippen LogP contribution in [0.3, 0.4) is 0 Å². The van der Waals surface area contributed by atoms with Gasteiger partial charge in [0.15, 0.2) is 5.78 Å². The second-order valence-electron chi connectivity index (χ2n) is 20.8. The van der Waals surface area contributed by atoms with Crippen molar-refractivity contribution in [3.63, 3.8) is 0 Å². The molecule has 0 heterocycles. The molecule has 0 amide bonds. The summed E-state index contributed by atoms with van der Waals surface area (Å²) in [7, 11) is 0. The van der Waals surface area contributed by atoms with E-state index in [0.29, 0.717) is 16.6 Å². The number of carbonyl (C=O) groups excluding carboxylic acids is 1. The molecule has 0 aliphatic heterocycles. The number of hydrogen-bond acceptors (Lipinski definition) is 1. The van der Waals surface area contributed by atoms with Gasteiger partial charge >= 0.3 is 0 Å². The van der Waals surface area contributed by atoms with Gasteiger partial charge in [0, 0.05) is 11.5 Å². The lowest BCUT2D eigenvalue weighted by atomic mass is 9.67. The van der Waals surface area contributed by atoms with E-state index < -0.39 is 0 Å². The van der Waals surface area contributed by atoms with Crippen LogP contribution in [0.2, 0.25) is 0 Å². The maximum absolute atomic E-state index is 13.3. The third-order valence-electron chi connectivity index (χ3n) is 15.0. The molecule has 1 unspecified atom stereocenters. The molecule has 1 nitrogen and oxygen atoms in total. The Kier molecular flexibility index (Phi) is 12.3. The molecule has 302 valence electrons. The van der Waals surface area contributed by atoms with E-state index in [1.807, 2.05) is 0 Å². The summed E-state index contributed by atoms with van der Waals surface area (Å²) in [4.78, 5) is 13.3. The fourth-order valence-corrected chi connectivity index (χ4v) is 11.1. The highest BCUT2D eigenvalue weighted by molar-refractivity contribution is 6.04.